The van der Waals surface area contributed by atoms with E-state index in [-0.39, 0.29) is 12.4 Å². The fourth-order valence-corrected chi connectivity index (χ4v) is 3.63. The number of benzene rings is 1. The van der Waals surface area contributed by atoms with Gasteiger partial charge in [0.25, 0.3) is 0 Å². The minimum atomic E-state index is 0. The number of carbonyl (C=O) groups excluding carboxylic acids is 1. The Bertz CT molecular complexity index is 643. The molecule has 1 aliphatic heterocycles. The number of halogens is 1. The van der Waals surface area contributed by atoms with Gasteiger partial charge in [0.1, 0.15) is 5.94 Å². The highest BCUT2D eigenvalue weighted by Gasteiger charge is 2.13. The predicted molar refractivity (Wildman–Crippen MR) is 92.1 cm³/mol. The number of hydrogen-bond donors (Lipinski definition) is 1. The average molecular weight is 323 g/mol. The van der Waals surface area contributed by atoms with Crippen LogP contribution in [0.3, 0.4) is 0 Å². The molecule has 1 saturated heterocycles. The van der Waals surface area contributed by atoms with Crippen molar-refractivity contribution < 1.29 is 4.79 Å². The van der Waals surface area contributed by atoms with Crippen LogP contribution < -0.4 is 5.32 Å². The molecule has 0 radical (unpaired) electrons. The first-order valence-corrected chi connectivity index (χ1v) is 7.90. The van der Waals surface area contributed by atoms with Gasteiger partial charge in [-0.2, -0.15) is 0 Å². The van der Waals surface area contributed by atoms with Gasteiger partial charge in [0, 0.05) is 59.3 Å². The van der Waals surface area contributed by atoms with E-state index in [0.717, 1.165) is 50.3 Å². The molecule has 1 aliphatic rings. The Morgan fingerprint density at radius 2 is 2.05 bits per heavy atom. The molecule has 5 heteroatoms. The standard InChI is InChI=1S/C16H18N2OS.ClH/c19-11-13(5-8-18-9-6-17-7-10-18)15-12-20-16-4-2-1-3-14(15)16;/h1-4,12,17H,5-10H2;1H. The molecule has 0 saturated carbocycles. The van der Waals surface area contributed by atoms with Crippen LogP contribution in [0.2, 0.25) is 0 Å². The molecule has 0 bridgehead atoms. The van der Waals surface area contributed by atoms with Crippen molar-refractivity contribution >= 4 is 45.3 Å². The molecule has 3 rings (SSSR count). The summed E-state index contributed by atoms with van der Waals surface area (Å²) in [5.74, 6) is 2.17. The maximum atomic E-state index is 11.3. The second-order valence-corrected chi connectivity index (χ2v) is 5.98. The molecular weight excluding hydrogens is 304 g/mol. The predicted octanol–water partition coefficient (Wildman–Crippen LogP) is 2.83. The van der Waals surface area contributed by atoms with E-state index in [0.29, 0.717) is 0 Å². The van der Waals surface area contributed by atoms with E-state index in [2.05, 4.69) is 33.7 Å². The van der Waals surface area contributed by atoms with Crippen molar-refractivity contribution in [2.24, 2.45) is 0 Å². The Labute approximate surface area is 135 Å². The molecule has 2 aromatic rings. The summed E-state index contributed by atoms with van der Waals surface area (Å²) in [6.45, 7) is 5.16. The van der Waals surface area contributed by atoms with Crippen molar-refractivity contribution in [3.63, 3.8) is 0 Å². The molecule has 1 N–H and O–H groups in total. The maximum Gasteiger partial charge on any atom is 0.128 e. The van der Waals surface area contributed by atoms with Crippen LogP contribution in [0, 0.1) is 0 Å². The zero-order chi connectivity index (χ0) is 13.8. The maximum absolute atomic E-state index is 11.3. The lowest BCUT2D eigenvalue weighted by Gasteiger charge is -2.27. The zero-order valence-electron chi connectivity index (χ0n) is 11.8. The molecule has 1 aromatic carbocycles. The van der Waals surface area contributed by atoms with Gasteiger partial charge in [-0.1, -0.05) is 18.2 Å². The molecule has 0 unspecified atom stereocenters. The molecule has 1 fully saturated rings. The highest BCUT2D eigenvalue weighted by molar-refractivity contribution is 7.17. The Kier molecular flexibility index (Phi) is 5.97. The Morgan fingerprint density at radius 1 is 1.29 bits per heavy atom. The highest BCUT2D eigenvalue weighted by atomic mass is 35.5. The van der Waals surface area contributed by atoms with Crippen LogP contribution in [-0.4, -0.2) is 43.6 Å². The summed E-state index contributed by atoms with van der Waals surface area (Å²) in [5.41, 5.74) is 1.87. The Balaban J connectivity index is 0.00000161. The van der Waals surface area contributed by atoms with Crippen LogP contribution >= 0.6 is 23.7 Å². The molecule has 0 amide bonds. The van der Waals surface area contributed by atoms with Gasteiger partial charge in [0.15, 0.2) is 0 Å². The molecule has 0 aliphatic carbocycles. The molecule has 21 heavy (non-hydrogen) atoms. The van der Waals surface area contributed by atoms with E-state index in [1.807, 2.05) is 12.1 Å². The van der Waals surface area contributed by atoms with Crippen LogP contribution in [0.4, 0.5) is 0 Å². The second kappa shape index (κ2) is 7.74. The van der Waals surface area contributed by atoms with Gasteiger partial charge in [0.2, 0.25) is 0 Å². The fraction of sp³-hybridized carbons (Fsp3) is 0.375. The SMILES string of the molecule is Cl.O=C=C(CCN1CCNCC1)c1csc2ccccc12. The first-order valence-electron chi connectivity index (χ1n) is 7.02. The van der Waals surface area contributed by atoms with Crippen molar-refractivity contribution in [3.05, 3.63) is 35.2 Å². The third kappa shape index (κ3) is 3.73. The Morgan fingerprint density at radius 3 is 2.81 bits per heavy atom. The lowest BCUT2D eigenvalue weighted by atomic mass is 10.0. The summed E-state index contributed by atoms with van der Waals surface area (Å²) in [6, 6.07) is 8.25. The van der Waals surface area contributed by atoms with Crippen molar-refractivity contribution in [1.29, 1.82) is 0 Å². The molecule has 3 nitrogen and oxygen atoms in total. The molecule has 112 valence electrons. The molecular formula is C16H19ClN2OS. The number of thiophene rings is 1. The summed E-state index contributed by atoms with van der Waals surface area (Å²) >= 11 is 1.70. The number of hydrogen-bond acceptors (Lipinski definition) is 4. The third-order valence-corrected chi connectivity index (χ3v) is 4.78. The third-order valence-electron chi connectivity index (χ3n) is 3.82. The lowest BCUT2D eigenvalue weighted by molar-refractivity contribution is 0.246. The number of fused-ring (bicyclic) bond motifs is 1. The summed E-state index contributed by atoms with van der Waals surface area (Å²) in [4.78, 5) is 13.7. The number of nitrogens with one attached hydrogen (secondary N) is 1. The topological polar surface area (TPSA) is 32.3 Å². The van der Waals surface area contributed by atoms with Gasteiger partial charge >= 0.3 is 0 Å². The summed E-state index contributed by atoms with van der Waals surface area (Å²) in [5, 5.41) is 6.61. The summed E-state index contributed by atoms with van der Waals surface area (Å²) in [7, 11) is 0. The van der Waals surface area contributed by atoms with E-state index in [1.165, 1.54) is 10.1 Å². The number of rotatable bonds is 4. The average Bonchev–Trinajstić information content (AvgIpc) is 2.93. The van der Waals surface area contributed by atoms with Gasteiger partial charge in [0.05, 0.1) is 0 Å². The number of nitrogens with zero attached hydrogens (tertiary/aromatic N) is 1. The van der Waals surface area contributed by atoms with E-state index >= 15 is 0 Å². The van der Waals surface area contributed by atoms with Gasteiger partial charge < -0.3 is 10.2 Å². The first-order chi connectivity index (χ1) is 9.88. The van der Waals surface area contributed by atoms with Crippen molar-refractivity contribution in [2.75, 3.05) is 32.7 Å². The molecule has 2 heterocycles. The van der Waals surface area contributed by atoms with Gasteiger partial charge in [-0.15, -0.1) is 23.7 Å². The van der Waals surface area contributed by atoms with Crippen LogP contribution in [0.1, 0.15) is 12.0 Å². The van der Waals surface area contributed by atoms with Crippen LogP contribution in [0.15, 0.2) is 29.6 Å². The first kappa shape index (κ1) is 16.2. The van der Waals surface area contributed by atoms with Crippen molar-refractivity contribution in [2.45, 2.75) is 6.42 Å². The van der Waals surface area contributed by atoms with Gasteiger partial charge in [-0.05, 0) is 12.5 Å². The van der Waals surface area contributed by atoms with E-state index in [4.69, 9.17) is 0 Å². The minimum absolute atomic E-state index is 0. The van der Waals surface area contributed by atoms with Gasteiger partial charge in [-0.3, -0.25) is 0 Å². The quantitative estimate of drug-likeness (QED) is 0.879. The largest absolute Gasteiger partial charge is 0.314 e. The number of piperazine rings is 1. The normalized spacial score (nSPS) is 15.4. The second-order valence-electron chi connectivity index (χ2n) is 5.07. The van der Waals surface area contributed by atoms with E-state index in [9.17, 15) is 4.79 Å². The molecule has 0 spiro atoms. The highest BCUT2D eigenvalue weighted by Crippen LogP contribution is 2.31. The Hall–Kier alpha value is -1.16. The molecule has 1 aromatic heterocycles. The van der Waals surface area contributed by atoms with Crippen molar-refractivity contribution in [3.8, 4) is 0 Å². The van der Waals surface area contributed by atoms with Crippen molar-refractivity contribution in [1.82, 2.24) is 10.2 Å². The monoisotopic (exact) mass is 322 g/mol. The van der Waals surface area contributed by atoms with Crippen LogP contribution in [0.5, 0.6) is 0 Å². The fourth-order valence-electron chi connectivity index (χ4n) is 2.66. The smallest absolute Gasteiger partial charge is 0.128 e. The van der Waals surface area contributed by atoms with Crippen LogP contribution in [-0.2, 0) is 4.79 Å². The van der Waals surface area contributed by atoms with E-state index in [1.54, 1.807) is 11.3 Å². The minimum Gasteiger partial charge on any atom is -0.314 e. The lowest BCUT2D eigenvalue weighted by Crippen LogP contribution is -2.43. The summed E-state index contributed by atoms with van der Waals surface area (Å²) in [6.07, 6.45) is 0.782. The molecule has 0 atom stereocenters. The zero-order valence-corrected chi connectivity index (χ0v) is 13.4. The summed E-state index contributed by atoms with van der Waals surface area (Å²) < 4.78 is 1.23. The van der Waals surface area contributed by atoms with E-state index < -0.39 is 0 Å². The van der Waals surface area contributed by atoms with Crippen LogP contribution in [0.25, 0.3) is 15.7 Å². The van der Waals surface area contributed by atoms with Gasteiger partial charge in [-0.25, -0.2) is 4.79 Å².